The molecule has 0 aliphatic heterocycles. The van der Waals surface area contributed by atoms with Crippen molar-refractivity contribution >= 4 is 21.4 Å². The van der Waals surface area contributed by atoms with Crippen LogP contribution in [0.3, 0.4) is 0 Å². The maximum atomic E-state index is 13.3. The highest BCUT2D eigenvalue weighted by atomic mass is 32.2. The van der Waals surface area contributed by atoms with Gasteiger partial charge in [-0.2, -0.15) is 5.10 Å². The minimum absolute atomic E-state index is 0.0313. The maximum absolute atomic E-state index is 13.3. The third-order valence-corrected chi connectivity index (χ3v) is 4.38. The normalized spacial score (nSPS) is 15.5. The van der Waals surface area contributed by atoms with Gasteiger partial charge in [-0.3, -0.25) is 10.4 Å². The first-order valence-electron chi connectivity index (χ1n) is 7.01. The Morgan fingerprint density at radius 2 is 1.96 bits per heavy atom. The van der Waals surface area contributed by atoms with Gasteiger partial charge >= 0.3 is 0 Å². The molecule has 23 heavy (non-hydrogen) atoms. The fraction of sp³-hybridized carbons (Fsp3) is 0.200. The van der Waals surface area contributed by atoms with E-state index in [2.05, 4.69) is 15.5 Å². The number of nitrogens with one attached hydrogen (secondary N) is 1. The molecule has 0 saturated heterocycles. The standard InChI is InChI=1S/C15H15FN4O2S/c16-12-7-11(8-18-9-12)15(10-1-2-10)20-19-13-3-5-14(6-4-13)23(17,21)22/h3-10,19H,1-2H2,(H2,17,21,22)/b20-15+. The number of primary sulfonamides is 1. The van der Waals surface area contributed by atoms with Crippen molar-refractivity contribution in [2.45, 2.75) is 17.7 Å². The van der Waals surface area contributed by atoms with E-state index in [9.17, 15) is 12.8 Å². The van der Waals surface area contributed by atoms with Crippen LogP contribution in [0.15, 0.2) is 52.7 Å². The second kappa shape index (κ2) is 6.05. The summed E-state index contributed by atoms with van der Waals surface area (Å²) in [6.45, 7) is 0. The Hall–Kier alpha value is -2.32. The second-order valence-electron chi connectivity index (χ2n) is 5.34. The molecule has 1 aromatic heterocycles. The van der Waals surface area contributed by atoms with E-state index in [4.69, 9.17) is 5.14 Å². The van der Waals surface area contributed by atoms with Gasteiger partial charge in [0.25, 0.3) is 0 Å². The van der Waals surface area contributed by atoms with E-state index >= 15 is 0 Å². The van der Waals surface area contributed by atoms with Gasteiger partial charge in [0.1, 0.15) is 5.82 Å². The number of hydrazone groups is 1. The lowest BCUT2D eigenvalue weighted by Crippen LogP contribution is -2.12. The third kappa shape index (κ3) is 3.91. The average molecular weight is 334 g/mol. The quantitative estimate of drug-likeness (QED) is 0.646. The summed E-state index contributed by atoms with van der Waals surface area (Å²) in [6.07, 6.45) is 4.72. The summed E-state index contributed by atoms with van der Waals surface area (Å²) in [7, 11) is -3.72. The Morgan fingerprint density at radius 3 is 2.52 bits per heavy atom. The Kier molecular flexibility index (Phi) is 4.10. The van der Waals surface area contributed by atoms with Gasteiger partial charge in [-0.1, -0.05) is 0 Å². The van der Waals surface area contributed by atoms with Gasteiger partial charge in [0.2, 0.25) is 10.0 Å². The van der Waals surface area contributed by atoms with Gasteiger partial charge in [0.05, 0.1) is 22.5 Å². The third-order valence-electron chi connectivity index (χ3n) is 3.45. The number of sulfonamides is 1. The molecule has 3 N–H and O–H groups in total. The van der Waals surface area contributed by atoms with E-state index < -0.39 is 15.8 Å². The number of halogens is 1. The number of pyridine rings is 1. The molecule has 0 amide bonds. The van der Waals surface area contributed by atoms with E-state index in [0.29, 0.717) is 11.3 Å². The minimum Gasteiger partial charge on any atom is -0.278 e. The fourth-order valence-corrected chi connectivity index (χ4v) is 2.66. The molecule has 6 nitrogen and oxygen atoms in total. The number of hydrogen-bond acceptors (Lipinski definition) is 5. The van der Waals surface area contributed by atoms with E-state index in [1.54, 1.807) is 18.3 Å². The van der Waals surface area contributed by atoms with Gasteiger partial charge in [0, 0.05) is 17.7 Å². The van der Waals surface area contributed by atoms with Gasteiger partial charge in [-0.05, 0) is 43.2 Å². The molecule has 2 aromatic rings. The summed E-state index contributed by atoms with van der Waals surface area (Å²) < 4.78 is 35.7. The molecule has 0 bridgehead atoms. The van der Waals surface area contributed by atoms with Crippen molar-refractivity contribution in [1.82, 2.24) is 4.98 Å². The van der Waals surface area contributed by atoms with Crippen LogP contribution in [0.2, 0.25) is 0 Å². The maximum Gasteiger partial charge on any atom is 0.238 e. The van der Waals surface area contributed by atoms with Crippen molar-refractivity contribution in [2.75, 3.05) is 5.43 Å². The van der Waals surface area contributed by atoms with E-state index in [1.807, 2.05) is 0 Å². The lowest BCUT2D eigenvalue weighted by Gasteiger charge is -2.07. The average Bonchev–Trinajstić information content (AvgIpc) is 3.32. The highest BCUT2D eigenvalue weighted by Gasteiger charge is 2.29. The first-order chi connectivity index (χ1) is 10.9. The lowest BCUT2D eigenvalue weighted by atomic mass is 10.1. The second-order valence-corrected chi connectivity index (χ2v) is 6.91. The molecule has 0 spiro atoms. The smallest absolute Gasteiger partial charge is 0.238 e. The number of nitrogens with zero attached hydrogens (tertiary/aromatic N) is 2. The molecule has 0 unspecified atom stereocenters. The zero-order chi connectivity index (χ0) is 16.4. The largest absolute Gasteiger partial charge is 0.278 e. The van der Waals surface area contributed by atoms with Crippen LogP contribution in [0.5, 0.6) is 0 Å². The molecule has 0 radical (unpaired) electrons. The molecule has 3 rings (SSSR count). The SMILES string of the molecule is NS(=O)(=O)c1ccc(N/N=C(/c2cncc(F)c2)C2CC2)cc1. The Labute approximate surface area is 133 Å². The molecule has 1 aromatic carbocycles. The molecule has 1 aliphatic carbocycles. The summed E-state index contributed by atoms with van der Waals surface area (Å²) in [6, 6.07) is 7.33. The van der Waals surface area contributed by atoms with Crippen LogP contribution in [-0.4, -0.2) is 19.1 Å². The van der Waals surface area contributed by atoms with E-state index in [1.165, 1.54) is 18.2 Å². The van der Waals surface area contributed by atoms with Gasteiger partial charge in [-0.15, -0.1) is 0 Å². The van der Waals surface area contributed by atoms with Crippen LogP contribution >= 0.6 is 0 Å². The predicted octanol–water partition coefficient (Wildman–Crippen LogP) is 2.09. The van der Waals surface area contributed by atoms with Gasteiger partial charge in [0.15, 0.2) is 0 Å². The van der Waals surface area contributed by atoms with Gasteiger partial charge < -0.3 is 0 Å². The Bertz CT molecular complexity index is 846. The van der Waals surface area contributed by atoms with Crippen LogP contribution < -0.4 is 10.6 Å². The Morgan fingerprint density at radius 1 is 1.26 bits per heavy atom. The number of rotatable bonds is 5. The highest BCUT2D eigenvalue weighted by Crippen LogP contribution is 2.33. The number of nitrogens with two attached hydrogens (primary N) is 1. The molecular weight excluding hydrogens is 319 g/mol. The van der Waals surface area contributed by atoms with Crippen molar-refractivity contribution in [3.8, 4) is 0 Å². The molecule has 1 aliphatic rings. The first-order valence-corrected chi connectivity index (χ1v) is 8.55. The number of hydrogen-bond donors (Lipinski definition) is 2. The van der Waals surface area contributed by atoms with Crippen LogP contribution in [0.4, 0.5) is 10.1 Å². The molecular formula is C15H15FN4O2S. The van der Waals surface area contributed by atoms with Crippen LogP contribution in [-0.2, 0) is 10.0 Å². The molecule has 0 atom stereocenters. The van der Waals surface area contributed by atoms with Crippen molar-refractivity contribution in [3.63, 3.8) is 0 Å². The number of anilines is 1. The summed E-state index contributed by atoms with van der Waals surface area (Å²) in [5, 5.41) is 9.39. The van der Waals surface area contributed by atoms with Crippen LogP contribution in [0.1, 0.15) is 18.4 Å². The summed E-state index contributed by atoms with van der Waals surface area (Å²) in [5.41, 5.74) is 4.86. The summed E-state index contributed by atoms with van der Waals surface area (Å²) in [4.78, 5) is 3.88. The fourth-order valence-electron chi connectivity index (χ4n) is 2.14. The molecule has 120 valence electrons. The lowest BCUT2D eigenvalue weighted by molar-refractivity contribution is 0.598. The van der Waals surface area contributed by atoms with Crippen molar-refractivity contribution in [3.05, 3.63) is 54.1 Å². The zero-order valence-electron chi connectivity index (χ0n) is 12.1. The first kappa shape index (κ1) is 15.6. The molecule has 1 saturated carbocycles. The van der Waals surface area contributed by atoms with Crippen molar-refractivity contribution in [1.29, 1.82) is 0 Å². The minimum atomic E-state index is -3.72. The van der Waals surface area contributed by atoms with Gasteiger partial charge in [-0.25, -0.2) is 17.9 Å². The number of aromatic nitrogens is 1. The zero-order valence-corrected chi connectivity index (χ0v) is 12.9. The predicted molar refractivity (Wildman–Crippen MR) is 84.9 cm³/mol. The van der Waals surface area contributed by atoms with Crippen LogP contribution in [0, 0.1) is 11.7 Å². The molecule has 8 heteroatoms. The Balaban J connectivity index is 1.82. The monoisotopic (exact) mass is 334 g/mol. The summed E-state index contributed by atoms with van der Waals surface area (Å²) in [5.74, 6) is -0.122. The van der Waals surface area contributed by atoms with Crippen LogP contribution in [0.25, 0.3) is 0 Å². The highest BCUT2D eigenvalue weighted by molar-refractivity contribution is 7.89. The summed E-state index contributed by atoms with van der Waals surface area (Å²) >= 11 is 0. The van der Waals surface area contributed by atoms with E-state index in [0.717, 1.165) is 24.8 Å². The number of benzene rings is 1. The molecule has 1 heterocycles. The van der Waals surface area contributed by atoms with E-state index in [-0.39, 0.29) is 10.8 Å². The molecule has 1 fully saturated rings. The van der Waals surface area contributed by atoms with Crippen molar-refractivity contribution in [2.24, 2.45) is 16.2 Å². The van der Waals surface area contributed by atoms with Crippen molar-refractivity contribution < 1.29 is 12.8 Å². The topological polar surface area (TPSA) is 97.4 Å².